The average molecular weight is 278 g/mol. The molecule has 1 atom stereocenters. The molecule has 3 rings (SSSR count). The molecule has 0 bridgehead atoms. The molecule has 0 radical (unpaired) electrons. The number of rotatable bonds is 6. The first-order valence-corrected chi connectivity index (χ1v) is 7.00. The van der Waals surface area contributed by atoms with Crippen LogP contribution in [0.3, 0.4) is 0 Å². The Morgan fingerprint density at radius 3 is 2.90 bits per heavy atom. The fourth-order valence-electron chi connectivity index (χ4n) is 2.52. The Morgan fingerprint density at radius 1 is 1.30 bits per heavy atom. The third kappa shape index (κ3) is 2.88. The van der Waals surface area contributed by atoms with E-state index in [0.717, 1.165) is 38.6 Å². The highest BCUT2D eigenvalue weighted by atomic mass is 16.7. The fourth-order valence-corrected chi connectivity index (χ4v) is 2.52. The minimum absolute atomic E-state index is 0.191. The van der Waals surface area contributed by atoms with Gasteiger partial charge in [0.15, 0.2) is 17.8 Å². The van der Waals surface area contributed by atoms with E-state index in [0.29, 0.717) is 35.5 Å². The smallest absolute Gasteiger partial charge is 0.231 e. The van der Waals surface area contributed by atoms with Crippen molar-refractivity contribution in [2.75, 3.05) is 20.0 Å². The SMILES string of the molecule is O=Cc1cc2c(cc1OCCCC1CCCO1)OCO2. The number of hydrogen-bond acceptors (Lipinski definition) is 5. The van der Waals surface area contributed by atoms with Gasteiger partial charge in [0.1, 0.15) is 5.75 Å². The summed E-state index contributed by atoms with van der Waals surface area (Å²) in [5.41, 5.74) is 0.492. The zero-order chi connectivity index (χ0) is 13.8. The highest BCUT2D eigenvalue weighted by Crippen LogP contribution is 2.37. The van der Waals surface area contributed by atoms with Crippen LogP contribution in [0.1, 0.15) is 36.0 Å². The molecule has 1 unspecified atom stereocenters. The number of carbonyl (C=O) groups is 1. The van der Waals surface area contributed by atoms with E-state index in [4.69, 9.17) is 18.9 Å². The van der Waals surface area contributed by atoms with Crippen LogP contribution in [-0.2, 0) is 4.74 Å². The molecule has 2 aliphatic heterocycles. The zero-order valence-corrected chi connectivity index (χ0v) is 11.3. The van der Waals surface area contributed by atoms with E-state index in [2.05, 4.69) is 0 Å². The van der Waals surface area contributed by atoms with Gasteiger partial charge in [-0.2, -0.15) is 0 Å². The van der Waals surface area contributed by atoms with E-state index in [9.17, 15) is 4.79 Å². The Balaban J connectivity index is 1.55. The lowest BCUT2D eigenvalue weighted by Gasteiger charge is -2.11. The molecule has 5 heteroatoms. The van der Waals surface area contributed by atoms with Crippen molar-refractivity contribution >= 4 is 6.29 Å². The van der Waals surface area contributed by atoms with Gasteiger partial charge in [-0.1, -0.05) is 0 Å². The maximum atomic E-state index is 11.1. The summed E-state index contributed by atoms with van der Waals surface area (Å²) >= 11 is 0. The quantitative estimate of drug-likeness (QED) is 0.591. The topological polar surface area (TPSA) is 54.0 Å². The predicted molar refractivity (Wildman–Crippen MR) is 71.7 cm³/mol. The molecule has 108 valence electrons. The number of hydrogen-bond donors (Lipinski definition) is 0. The van der Waals surface area contributed by atoms with Crippen molar-refractivity contribution in [2.24, 2.45) is 0 Å². The predicted octanol–water partition coefficient (Wildman–Crippen LogP) is 2.57. The molecule has 0 amide bonds. The highest BCUT2D eigenvalue weighted by molar-refractivity contribution is 5.81. The Morgan fingerprint density at radius 2 is 2.15 bits per heavy atom. The molecule has 0 N–H and O–H groups in total. The largest absolute Gasteiger partial charge is 0.493 e. The Kier molecular flexibility index (Phi) is 4.06. The van der Waals surface area contributed by atoms with Gasteiger partial charge in [0.25, 0.3) is 0 Å². The first kappa shape index (κ1) is 13.2. The molecule has 0 aromatic heterocycles. The Bertz CT molecular complexity index is 479. The lowest BCUT2D eigenvalue weighted by molar-refractivity contribution is 0.0978. The van der Waals surface area contributed by atoms with E-state index in [1.807, 2.05) is 0 Å². The number of aldehydes is 1. The number of fused-ring (bicyclic) bond motifs is 1. The lowest BCUT2D eigenvalue weighted by atomic mass is 10.1. The van der Waals surface area contributed by atoms with E-state index < -0.39 is 0 Å². The normalized spacial score (nSPS) is 20.1. The van der Waals surface area contributed by atoms with E-state index in [-0.39, 0.29) is 6.79 Å². The van der Waals surface area contributed by atoms with E-state index in [1.54, 1.807) is 12.1 Å². The summed E-state index contributed by atoms with van der Waals surface area (Å²) < 4.78 is 21.8. The molecule has 1 aromatic rings. The monoisotopic (exact) mass is 278 g/mol. The lowest BCUT2D eigenvalue weighted by Crippen LogP contribution is -2.08. The molecular weight excluding hydrogens is 260 g/mol. The Hall–Kier alpha value is -1.75. The minimum atomic E-state index is 0.191. The summed E-state index contributed by atoms with van der Waals surface area (Å²) in [6, 6.07) is 3.38. The van der Waals surface area contributed by atoms with Gasteiger partial charge < -0.3 is 18.9 Å². The van der Waals surface area contributed by atoms with Crippen LogP contribution in [0.5, 0.6) is 17.2 Å². The van der Waals surface area contributed by atoms with E-state index >= 15 is 0 Å². The molecule has 0 spiro atoms. The number of carbonyl (C=O) groups excluding carboxylic acids is 1. The average Bonchev–Trinajstić information content (AvgIpc) is 3.13. The van der Waals surface area contributed by atoms with Crippen molar-refractivity contribution in [1.29, 1.82) is 0 Å². The molecule has 2 heterocycles. The van der Waals surface area contributed by atoms with Crippen LogP contribution in [0.2, 0.25) is 0 Å². The second kappa shape index (κ2) is 6.13. The summed E-state index contributed by atoms with van der Waals surface area (Å²) in [7, 11) is 0. The van der Waals surface area contributed by atoms with Crippen molar-refractivity contribution in [3.63, 3.8) is 0 Å². The maximum Gasteiger partial charge on any atom is 0.231 e. The molecular formula is C15H18O5. The molecule has 2 aliphatic rings. The first-order chi connectivity index (χ1) is 9.86. The van der Waals surface area contributed by atoms with Crippen LogP contribution in [0.15, 0.2) is 12.1 Å². The molecule has 1 saturated heterocycles. The van der Waals surface area contributed by atoms with Crippen LogP contribution < -0.4 is 14.2 Å². The van der Waals surface area contributed by atoms with Crippen molar-refractivity contribution in [2.45, 2.75) is 31.8 Å². The minimum Gasteiger partial charge on any atom is -0.493 e. The van der Waals surface area contributed by atoms with Crippen molar-refractivity contribution in [1.82, 2.24) is 0 Å². The summed E-state index contributed by atoms with van der Waals surface area (Å²) in [4.78, 5) is 11.1. The fraction of sp³-hybridized carbons (Fsp3) is 0.533. The van der Waals surface area contributed by atoms with Crippen molar-refractivity contribution in [3.05, 3.63) is 17.7 Å². The summed E-state index contributed by atoms with van der Waals surface area (Å²) in [5, 5.41) is 0. The van der Waals surface area contributed by atoms with Gasteiger partial charge in [0.05, 0.1) is 18.3 Å². The standard InChI is InChI=1S/C15H18O5/c16-9-11-7-14-15(20-10-19-14)8-13(11)18-6-2-4-12-3-1-5-17-12/h7-9,12H,1-6,10H2. The molecule has 5 nitrogen and oxygen atoms in total. The van der Waals surface area contributed by atoms with Gasteiger partial charge in [-0.25, -0.2) is 0 Å². The van der Waals surface area contributed by atoms with Gasteiger partial charge in [-0.05, 0) is 31.7 Å². The zero-order valence-electron chi connectivity index (χ0n) is 11.3. The van der Waals surface area contributed by atoms with Gasteiger partial charge in [0, 0.05) is 12.7 Å². The molecule has 0 aliphatic carbocycles. The van der Waals surface area contributed by atoms with Gasteiger partial charge in [-0.15, -0.1) is 0 Å². The molecule has 0 saturated carbocycles. The summed E-state index contributed by atoms with van der Waals surface area (Å²) in [5.74, 6) is 1.78. The first-order valence-electron chi connectivity index (χ1n) is 7.00. The van der Waals surface area contributed by atoms with Gasteiger partial charge in [0.2, 0.25) is 6.79 Å². The third-order valence-electron chi connectivity index (χ3n) is 3.58. The van der Waals surface area contributed by atoms with Crippen LogP contribution in [0.25, 0.3) is 0 Å². The number of benzene rings is 1. The second-order valence-electron chi connectivity index (χ2n) is 4.99. The van der Waals surface area contributed by atoms with Crippen molar-refractivity contribution < 1.29 is 23.7 Å². The second-order valence-corrected chi connectivity index (χ2v) is 4.99. The van der Waals surface area contributed by atoms with Gasteiger partial charge >= 0.3 is 0 Å². The summed E-state index contributed by atoms with van der Waals surface area (Å²) in [6.45, 7) is 1.64. The molecule has 20 heavy (non-hydrogen) atoms. The highest BCUT2D eigenvalue weighted by Gasteiger charge is 2.18. The van der Waals surface area contributed by atoms with Crippen LogP contribution in [0, 0.1) is 0 Å². The summed E-state index contributed by atoms with van der Waals surface area (Å²) in [6.07, 6.45) is 5.36. The van der Waals surface area contributed by atoms with Crippen LogP contribution in [0.4, 0.5) is 0 Å². The van der Waals surface area contributed by atoms with E-state index in [1.165, 1.54) is 0 Å². The van der Waals surface area contributed by atoms with Crippen LogP contribution in [-0.4, -0.2) is 32.4 Å². The maximum absolute atomic E-state index is 11.1. The molecule has 1 fully saturated rings. The third-order valence-corrected chi connectivity index (χ3v) is 3.58. The number of ether oxygens (including phenoxy) is 4. The van der Waals surface area contributed by atoms with Crippen LogP contribution >= 0.6 is 0 Å². The Labute approximate surface area is 117 Å². The van der Waals surface area contributed by atoms with Gasteiger partial charge in [-0.3, -0.25) is 4.79 Å². The molecule has 1 aromatic carbocycles. The van der Waals surface area contributed by atoms with Crippen molar-refractivity contribution in [3.8, 4) is 17.2 Å².